The summed E-state index contributed by atoms with van der Waals surface area (Å²) in [5.74, 6) is 0.216. The summed E-state index contributed by atoms with van der Waals surface area (Å²) in [6, 6.07) is 10.7. The lowest BCUT2D eigenvalue weighted by Crippen LogP contribution is -2.23. The Morgan fingerprint density at radius 1 is 1.17 bits per heavy atom. The predicted molar refractivity (Wildman–Crippen MR) is 106 cm³/mol. The molecule has 0 N–H and O–H groups in total. The average Bonchev–Trinajstić information content (AvgIpc) is 3.23. The van der Waals surface area contributed by atoms with E-state index in [9.17, 15) is 14.0 Å². The van der Waals surface area contributed by atoms with Gasteiger partial charge in [-0.2, -0.15) is 9.50 Å². The molecular weight excluding hydrogens is 397 g/mol. The highest BCUT2D eigenvalue weighted by Gasteiger charge is 2.13. The van der Waals surface area contributed by atoms with Gasteiger partial charge in [0, 0.05) is 12.5 Å². The third kappa shape index (κ3) is 3.72. The molecular formula is C20H14FN3O4S. The van der Waals surface area contributed by atoms with Crippen molar-refractivity contribution in [3.63, 3.8) is 0 Å². The number of aromatic nitrogens is 3. The molecule has 0 saturated carbocycles. The van der Waals surface area contributed by atoms with Crippen molar-refractivity contribution >= 4 is 28.3 Å². The highest BCUT2D eigenvalue weighted by atomic mass is 32.1. The number of ether oxygens (including phenoxy) is 2. The van der Waals surface area contributed by atoms with Crippen LogP contribution in [0.2, 0.25) is 0 Å². The summed E-state index contributed by atoms with van der Waals surface area (Å²) in [6.45, 7) is 1.30. The maximum atomic E-state index is 13.1. The molecule has 2 heterocycles. The van der Waals surface area contributed by atoms with E-state index in [0.717, 1.165) is 0 Å². The second-order valence-electron chi connectivity index (χ2n) is 6.06. The van der Waals surface area contributed by atoms with E-state index in [1.165, 1.54) is 42.0 Å². The minimum atomic E-state index is -0.454. The fraction of sp³-hybridized carbons (Fsp3) is 0.100. The first-order valence-corrected chi connectivity index (χ1v) is 9.30. The highest BCUT2D eigenvalue weighted by molar-refractivity contribution is 7.15. The van der Waals surface area contributed by atoms with Gasteiger partial charge < -0.3 is 9.47 Å². The SMILES string of the molecule is COc1cc(/C=c2\sc3nc(-c4ccc(F)cc4)nn3c2=O)ccc1OC(C)=O. The largest absolute Gasteiger partial charge is 0.493 e. The zero-order valence-electron chi connectivity index (χ0n) is 15.4. The van der Waals surface area contributed by atoms with Crippen molar-refractivity contribution in [1.82, 2.24) is 14.6 Å². The van der Waals surface area contributed by atoms with Crippen LogP contribution in [0.5, 0.6) is 11.5 Å². The van der Waals surface area contributed by atoms with Crippen molar-refractivity contribution in [2.45, 2.75) is 6.92 Å². The van der Waals surface area contributed by atoms with Crippen molar-refractivity contribution in [1.29, 1.82) is 0 Å². The summed E-state index contributed by atoms with van der Waals surface area (Å²) >= 11 is 1.19. The molecule has 0 amide bonds. The van der Waals surface area contributed by atoms with Gasteiger partial charge in [-0.3, -0.25) is 9.59 Å². The van der Waals surface area contributed by atoms with Gasteiger partial charge >= 0.3 is 5.97 Å². The number of carbonyl (C=O) groups is 1. The van der Waals surface area contributed by atoms with E-state index in [0.29, 0.717) is 37.9 Å². The molecule has 0 radical (unpaired) electrons. The predicted octanol–water partition coefficient (Wildman–Crippen LogP) is 2.44. The van der Waals surface area contributed by atoms with E-state index in [4.69, 9.17) is 9.47 Å². The number of nitrogens with zero attached hydrogens (tertiary/aromatic N) is 3. The maximum absolute atomic E-state index is 13.1. The Labute approximate surface area is 167 Å². The van der Waals surface area contributed by atoms with E-state index in [1.54, 1.807) is 36.4 Å². The van der Waals surface area contributed by atoms with Crippen molar-refractivity contribution in [2.24, 2.45) is 0 Å². The number of esters is 1. The molecule has 0 fully saturated rings. The fourth-order valence-electron chi connectivity index (χ4n) is 2.72. The maximum Gasteiger partial charge on any atom is 0.308 e. The molecule has 2 aromatic carbocycles. The molecule has 4 rings (SSSR count). The van der Waals surface area contributed by atoms with Crippen LogP contribution in [0.3, 0.4) is 0 Å². The number of carbonyl (C=O) groups excluding carboxylic acids is 1. The molecule has 4 aromatic rings. The summed E-state index contributed by atoms with van der Waals surface area (Å²) in [5.41, 5.74) is 1.00. The lowest BCUT2D eigenvalue weighted by atomic mass is 10.2. The van der Waals surface area contributed by atoms with Gasteiger partial charge in [0.1, 0.15) is 5.82 Å². The molecule has 0 bridgehead atoms. The number of hydrogen-bond donors (Lipinski definition) is 0. The van der Waals surface area contributed by atoms with E-state index in [1.807, 2.05) is 0 Å². The summed E-state index contributed by atoms with van der Waals surface area (Å²) in [6.07, 6.45) is 1.68. The van der Waals surface area contributed by atoms with E-state index < -0.39 is 5.97 Å². The second kappa shape index (κ2) is 7.44. The second-order valence-corrected chi connectivity index (χ2v) is 7.07. The van der Waals surface area contributed by atoms with Crippen LogP contribution in [0, 0.1) is 5.82 Å². The molecule has 0 spiro atoms. The fourth-order valence-corrected chi connectivity index (χ4v) is 3.63. The molecule has 9 heteroatoms. The molecule has 0 aliphatic carbocycles. The van der Waals surface area contributed by atoms with Gasteiger partial charge in [-0.05, 0) is 48.0 Å². The molecule has 0 saturated heterocycles. The summed E-state index contributed by atoms with van der Waals surface area (Å²) in [4.78, 5) is 28.6. The van der Waals surface area contributed by atoms with Crippen LogP contribution in [0.4, 0.5) is 4.39 Å². The van der Waals surface area contributed by atoms with Gasteiger partial charge in [0.25, 0.3) is 5.56 Å². The van der Waals surface area contributed by atoms with E-state index >= 15 is 0 Å². The molecule has 0 aliphatic heterocycles. The van der Waals surface area contributed by atoms with Crippen LogP contribution < -0.4 is 19.6 Å². The molecule has 0 unspecified atom stereocenters. The topological polar surface area (TPSA) is 82.8 Å². The summed E-state index contributed by atoms with van der Waals surface area (Å²) in [5, 5.41) is 4.23. The molecule has 2 aromatic heterocycles. The molecule has 0 aliphatic rings. The number of hydrogen-bond acceptors (Lipinski definition) is 7. The Hall–Kier alpha value is -3.59. The standard InChI is InChI=1S/C20H14FN3O4S/c1-11(25)28-15-8-3-12(9-16(15)27-2)10-17-19(26)24-20(29-17)22-18(23-24)13-4-6-14(21)7-5-13/h3-10H,1-2H3/b17-10-. The van der Waals surface area contributed by atoms with E-state index in [2.05, 4.69) is 10.1 Å². The number of fused-ring (bicyclic) bond motifs is 1. The number of benzene rings is 2. The van der Waals surface area contributed by atoms with Crippen LogP contribution in [0.15, 0.2) is 47.3 Å². The van der Waals surface area contributed by atoms with Gasteiger partial charge in [0.15, 0.2) is 17.3 Å². The Bertz CT molecular complexity index is 1330. The van der Waals surface area contributed by atoms with Crippen LogP contribution in [0.25, 0.3) is 22.4 Å². The van der Waals surface area contributed by atoms with Crippen LogP contribution in [-0.4, -0.2) is 27.7 Å². The zero-order chi connectivity index (χ0) is 20.5. The van der Waals surface area contributed by atoms with Crippen LogP contribution >= 0.6 is 11.3 Å². The lowest BCUT2D eigenvalue weighted by Gasteiger charge is -2.08. The highest BCUT2D eigenvalue weighted by Crippen LogP contribution is 2.28. The van der Waals surface area contributed by atoms with Gasteiger partial charge in [-0.1, -0.05) is 17.4 Å². The molecule has 7 nitrogen and oxygen atoms in total. The first kappa shape index (κ1) is 18.8. The zero-order valence-corrected chi connectivity index (χ0v) is 16.2. The minimum Gasteiger partial charge on any atom is -0.493 e. The third-order valence-electron chi connectivity index (χ3n) is 4.02. The van der Waals surface area contributed by atoms with Gasteiger partial charge in [0.05, 0.1) is 11.6 Å². The van der Waals surface area contributed by atoms with Crippen molar-refractivity contribution in [3.05, 3.63) is 68.7 Å². The first-order valence-electron chi connectivity index (χ1n) is 8.48. The van der Waals surface area contributed by atoms with Crippen molar-refractivity contribution in [2.75, 3.05) is 7.11 Å². The van der Waals surface area contributed by atoms with Crippen molar-refractivity contribution < 1.29 is 18.7 Å². The molecule has 29 heavy (non-hydrogen) atoms. The summed E-state index contributed by atoms with van der Waals surface area (Å²) < 4.78 is 25.1. The van der Waals surface area contributed by atoms with Gasteiger partial charge in [0.2, 0.25) is 4.96 Å². The molecule has 146 valence electrons. The number of halogens is 1. The monoisotopic (exact) mass is 411 g/mol. The van der Waals surface area contributed by atoms with Crippen LogP contribution in [-0.2, 0) is 4.79 Å². The minimum absolute atomic E-state index is 0.297. The van der Waals surface area contributed by atoms with Gasteiger partial charge in [-0.25, -0.2) is 4.39 Å². The Kier molecular flexibility index (Phi) is 4.81. The summed E-state index contributed by atoms with van der Waals surface area (Å²) in [7, 11) is 1.46. The Morgan fingerprint density at radius 3 is 2.59 bits per heavy atom. The third-order valence-corrected chi connectivity index (χ3v) is 4.98. The number of rotatable bonds is 4. The average molecular weight is 411 g/mol. The quantitative estimate of drug-likeness (QED) is 0.379. The first-order chi connectivity index (χ1) is 13.9. The van der Waals surface area contributed by atoms with E-state index in [-0.39, 0.29) is 11.4 Å². The Morgan fingerprint density at radius 2 is 1.93 bits per heavy atom. The number of thiazole rings is 1. The van der Waals surface area contributed by atoms with Gasteiger partial charge in [-0.15, -0.1) is 5.10 Å². The molecule has 0 atom stereocenters. The normalized spacial score (nSPS) is 11.8. The van der Waals surface area contributed by atoms with Crippen molar-refractivity contribution in [3.8, 4) is 22.9 Å². The number of methoxy groups -OCH3 is 1. The lowest BCUT2D eigenvalue weighted by molar-refractivity contribution is -0.132. The smallest absolute Gasteiger partial charge is 0.308 e. The Balaban J connectivity index is 1.73. The van der Waals surface area contributed by atoms with Crippen LogP contribution in [0.1, 0.15) is 12.5 Å².